The lowest BCUT2D eigenvalue weighted by Gasteiger charge is -2.20. The minimum Gasteiger partial charge on any atom is -0.497 e. The third-order valence-electron chi connectivity index (χ3n) is 4.34. The molecule has 2 aromatic carbocycles. The minimum absolute atomic E-state index is 0.407. The molecule has 0 saturated carbocycles. The SMILES string of the molecule is COc1cccc(C2=N/C(=C/CC3CN3)C(=N)N2c2ccccc2)c1. The van der Waals surface area contributed by atoms with E-state index in [4.69, 9.17) is 15.1 Å². The van der Waals surface area contributed by atoms with Crippen molar-refractivity contribution in [3.63, 3.8) is 0 Å². The number of anilines is 1. The molecule has 0 radical (unpaired) electrons. The lowest BCUT2D eigenvalue weighted by atomic mass is 10.1. The Morgan fingerprint density at radius 2 is 2.04 bits per heavy atom. The largest absolute Gasteiger partial charge is 0.497 e. The maximum absolute atomic E-state index is 8.63. The Bertz CT molecular complexity index is 853. The van der Waals surface area contributed by atoms with Crippen LogP contribution in [0.1, 0.15) is 12.0 Å². The summed E-state index contributed by atoms with van der Waals surface area (Å²) in [6.45, 7) is 1.05. The van der Waals surface area contributed by atoms with Gasteiger partial charge < -0.3 is 10.1 Å². The molecule has 5 nitrogen and oxygen atoms in total. The quantitative estimate of drug-likeness (QED) is 0.826. The Balaban J connectivity index is 1.76. The summed E-state index contributed by atoms with van der Waals surface area (Å²) in [5.41, 5.74) is 2.58. The standard InChI is InChI=1S/C20H20N4O/c1-25-17-9-5-6-14(12-17)20-23-18(11-10-15-13-22-15)19(21)24(20)16-7-3-2-4-8-16/h2-9,11-12,15,21-22H,10,13H2,1H3/b18-11+,21-19?. The van der Waals surface area contributed by atoms with Crippen LogP contribution in [0.4, 0.5) is 5.69 Å². The number of rotatable bonds is 5. The van der Waals surface area contributed by atoms with Gasteiger partial charge in [0.2, 0.25) is 0 Å². The molecular weight excluding hydrogens is 312 g/mol. The number of nitrogens with zero attached hydrogens (tertiary/aromatic N) is 2. The molecule has 5 heteroatoms. The van der Waals surface area contributed by atoms with Gasteiger partial charge >= 0.3 is 0 Å². The molecule has 2 aromatic rings. The van der Waals surface area contributed by atoms with Gasteiger partial charge in [-0.3, -0.25) is 10.3 Å². The zero-order valence-electron chi connectivity index (χ0n) is 14.1. The number of hydrogen-bond acceptors (Lipinski definition) is 4. The number of benzene rings is 2. The molecule has 1 atom stereocenters. The summed E-state index contributed by atoms with van der Waals surface area (Å²) in [5, 5.41) is 11.9. The molecule has 2 N–H and O–H groups in total. The van der Waals surface area contributed by atoms with Crippen LogP contribution in [-0.2, 0) is 0 Å². The van der Waals surface area contributed by atoms with Crippen molar-refractivity contribution in [1.82, 2.24) is 5.32 Å². The Kier molecular flexibility index (Phi) is 4.07. The predicted octanol–water partition coefficient (Wildman–Crippen LogP) is 3.19. The Morgan fingerprint density at radius 3 is 2.76 bits per heavy atom. The van der Waals surface area contributed by atoms with Crippen LogP contribution in [0.25, 0.3) is 0 Å². The summed E-state index contributed by atoms with van der Waals surface area (Å²) in [7, 11) is 1.65. The molecule has 1 saturated heterocycles. The maximum Gasteiger partial charge on any atom is 0.157 e. The third kappa shape index (κ3) is 3.19. The van der Waals surface area contributed by atoms with Crippen LogP contribution < -0.4 is 15.0 Å². The van der Waals surface area contributed by atoms with Gasteiger partial charge in [-0.1, -0.05) is 36.4 Å². The summed E-state index contributed by atoms with van der Waals surface area (Å²) < 4.78 is 5.35. The van der Waals surface area contributed by atoms with Crippen molar-refractivity contribution in [2.75, 3.05) is 18.6 Å². The van der Waals surface area contributed by atoms with Gasteiger partial charge in [-0.25, -0.2) is 4.99 Å². The van der Waals surface area contributed by atoms with Gasteiger partial charge in [-0.2, -0.15) is 0 Å². The van der Waals surface area contributed by atoms with Crippen LogP contribution >= 0.6 is 0 Å². The van der Waals surface area contributed by atoms with Crippen LogP contribution in [0.5, 0.6) is 5.75 Å². The molecule has 0 aliphatic carbocycles. The fourth-order valence-electron chi connectivity index (χ4n) is 2.87. The normalized spacial score (nSPS) is 20.8. The van der Waals surface area contributed by atoms with Crippen molar-refractivity contribution in [2.45, 2.75) is 12.5 Å². The molecule has 25 heavy (non-hydrogen) atoms. The molecule has 0 spiro atoms. The minimum atomic E-state index is 0.407. The first kappa shape index (κ1) is 15.6. The molecular formula is C20H20N4O. The summed E-state index contributed by atoms with van der Waals surface area (Å²) in [6.07, 6.45) is 2.95. The van der Waals surface area contributed by atoms with E-state index in [1.54, 1.807) is 7.11 Å². The smallest absolute Gasteiger partial charge is 0.157 e. The number of para-hydroxylation sites is 1. The van der Waals surface area contributed by atoms with Crippen molar-refractivity contribution in [1.29, 1.82) is 5.41 Å². The van der Waals surface area contributed by atoms with Crippen molar-refractivity contribution < 1.29 is 4.74 Å². The van der Waals surface area contributed by atoms with E-state index >= 15 is 0 Å². The van der Waals surface area contributed by atoms with Gasteiger partial charge in [0.15, 0.2) is 5.84 Å². The lowest BCUT2D eigenvalue weighted by Crippen LogP contribution is -2.32. The molecule has 126 valence electrons. The molecule has 1 unspecified atom stereocenters. The van der Waals surface area contributed by atoms with E-state index in [1.807, 2.05) is 59.5 Å². The van der Waals surface area contributed by atoms with E-state index in [-0.39, 0.29) is 0 Å². The van der Waals surface area contributed by atoms with Gasteiger partial charge in [0, 0.05) is 23.8 Å². The first-order chi connectivity index (χ1) is 12.3. The summed E-state index contributed by atoms with van der Waals surface area (Å²) in [4.78, 5) is 6.66. The maximum atomic E-state index is 8.63. The van der Waals surface area contributed by atoms with Crippen LogP contribution in [-0.4, -0.2) is 31.4 Å². The highest BCUT2D eigenvalue weighted by Crippen LogP contribution is 2.28. The molecule has 4 rings (SSSR count). The summed E-state index contributed by atoms with van der Waals surface area (Å²) >= 11 is 0. The molecule has 0 amide bonds. The highest BCUT2D eigenvalue weighted by atomic mass is 16.5. The van der Waals surface area contributed by atoms with Crippen molar-refractivity contribution in [3.8, 4) is 5.75 Å². The first-order valence-electron chi connectivity index (χ1n) is 8.37. The average molecular weight is 332 g/mol. The monoisotopic (exact) mass is 332 g/mol. The lowest BCUT2D eigenvalue weighted by molar-refractivity contribution is 0.414. The zero-order valence-corrected chi connectivity index (χ0v) is 14.1. The zero-order chi connectivity index (χ0) is 17.2. The summed E-state index contributed by atoms with van der Waals surface area (Å²) in [6, 6.07) is 18.2. The molecule has 1 fully saturated rings. The average Bonchev–Trinajstić information content (AvgIpc) is 3.43. The second-order valence-electron chi connectivity index (χ2n) is 6.12. The fraction of sp³-hybridized carbons (Fsp3) is 0.200. The van der Waals surface area contributed by atoms with Crippen molar-refractivity contribution in [2.24, 2.45) is 4.99 Å². The van der Waals surface area contributed by atoms with Gasteiger partial charge in [0.1, 0.15) is 17.3 Å². The van der Waals surface area contributed by atoms with E-state index in [9.17, 15) is 0 Å². The fourth-order valence-corrected chi connectivity index (χ4v) is 2.87. The number of aliphatic imine (C=N–C) groups is 1. The Hall–Kier alpha value is -2.92. The third-order valence-corrected chi connectivity index (χ3v) is 4.34. The van der Waals surface area contributed by atoms with Gasteiger partial charge in [-0.15, -0.1) is 0 Å². The van der Waals surface area contributed by atoms with Gasteiger partial charge in [-0.05, 0) is 30.7 Å². The predicted molar refractivity (Wildman–Crippen MR) is 101 cm³/mol. The molecule has 2 heterocycles. The highest BCUT2D eigenvalue weighted by molar-refractivity contribution is 6.33. The van der Waals surface area contributed by atoms with Crippen LogP contribution in [0.15, 0.2) is 71.4 Å². The number of hydrogen-bond donors (Lipinski definition) is 2. The second kappa shape index (κ2) is 6.53. The van der Waals surface area contributed by atoms with Crippen molar-refractivity contribution >= 4 is 17.4 Å². The van der Waals surface area contributed by atoms with E-state index in [0.717, 1.165) is 41.5 Å². The van der Waals surface area contributed by atoms with Crippen molar-refractivity contribution in [3.05, 3.63) is 71.9 Å². The number of nitrogens with one attached hydrogen (secondary N) is 2. The first-order valence-corrected chi connectivity index (χ1v) is 8.37. The summed E-state index contributed by atoms with van der Waals surface area (Å²) in [5.74, 6) is 1.94. The molecule has 0 aromatic heterocycles. The highest BCUT2D eigenvalue weighted by Gasteiger charge is 2.30. The number of methoxy groups -OCH3 is 1. The number of amidine groups is 2. The van der Waals surface area contributed by atoms with Crippen LogP contribution in [0, 0.1) is 5.41 Å². The topological polar surface area (TPSA) is 70.6 Å². The van der Waals surface area contributed by atoms with E-state index in [0.29, 0.717) is 11.9 Å². The van der Waals surface area contributed by atoms with E-state index in [2.05, 4.69) is 11.4 Å². The second-order valence-corrected chi connectivity index (χ2v) is 6.12. The van der Waals surface area contributed by atoms with Crippen LogP contribution in [0.3, 0.4) is 0 Å². The van der Waals surface area contributed by atoms with Gasteiger partial charge in [0.05, 0.1) is 7.11 Å². The Morgan fingerprint density at radius 1 is 1.24 bits per heavy atom. The van der Waals surface area contributed by atoms with E-state index in [1.165, 1.54) is 0 Å². The van der Waals surface area contributed by atoms with Crippen LogP contribution in [0.2, 0.25) is 0 Å². The Labute approximate surface area is 147 Å². The molecule has 0 bridgehead atoms. The number of ether oxygens (including phenoxy) is 1. The van der Waals surface area contributed by atoms with Gasteiger partial charge in [0.25, 0.3) is 0 Å². The van der Waals surface area contributed by atoms with E-state index < -0.39 is 0 Å². The molecule has 2 aliphatic rings. The molecule has 2 aliphatic heterocycles.